The normalized spacial score (nSPS) is 12.9. The highest BCUT2D eigenvalue weighted by Gasteiger charge is 2.12. The molecule has 11 heteroatoms. The Morgan fingerprint density at radius 1 is 1.05 bits per heavy atom. The molecule has 0 rings (SSSR count). The fourth-order valence-electron chi connectivity index (χ4n) is 0.715. The Bertz CT molecular complexity index is 288. The van der Waals surface area contributed by atoms with Crippen LogP contribution in [-0.4, -0.2) is 45.7 Å². The third-order valence-electron chi connectivity index (χ3n) is 1.74. The summed E-state index contributed by atoms with van der Waals surface area (Å²) >= 11 is -0.583. The van der Waals surface area contributed by atoms with Gasteiger partial charge in [-0.15, -0.1) is 0 Å². The number of hydrogen-bond acceptors (Lipinski definition) is 9. The van der Waals surface area contributed by atoms with Gasteiger partial charge in [-0.1, -0.05) is 21.6 Å². The zero-order chi connectivity index (χ0) is 15.3. The van der Waals surface area contributed by atoms with E-state index >= 15 is 0 Å². The van der Waals surface area contributed by atoms with Gasteiger partial charge < -0.3 is 30.7 Å². The van der Waals surface area contributed by atoms with E-state index in [1.165, 1.54) is 21.6 Å². The van der Waals surface area contributed by atoms with Crippen molar-refractivity contribution in [1.29, 1.82) is 4.78 Å². The number of carboxylic acids is 2. The van der Waals surface area contributed by atoms with E-state index in [0.717, 1.165) is 0 Å². The van der Waals surface area contributed by atoms with E-state index in [1.807, 2.05) is 0 Å². The molecule has 0 aliphatic heterocycles. The highest BCUT2D eigenvalue weighted by molar-refractivity contribution is 8.76. The van der Waals surface area contributed by atoms with Crippen LogP contribution in [-0.2, 0) is 25.3 Å². The van der Waals surface area contributed by atoms with Crippen LogP contribution in [0.25, 0.3) is 0 Å². The van der Waals surface area contributed by atoms with Crippen LogP contribution in [0.4, 0.5) is 0 Å². The molecule has 0 radical (unpaired) electrons. The van der Waals surface area contributed by atoms with Crippen molar-refractivity contribution in [3.63, 3.8) is 0 Å². The predicted molar refractivity (Wildman–Crippen MR) is 77.5 cm³/mol. The minimum Gasteiger partial charge on any atom is -0.480 e. The second-order valence-corrected chi connectivity index (χ2v) is 6.09. The topological polar surface area (TPSA) is 168 Å². The molecule has 0 heterocycles. The van der Waals surface area contributed by atoms with E-state index in [9.17, 15) is 9.59 Å². The molecule has 7 N–H and O–H groups in total. The van der Waals surface area contributed by atoms with Crippen molar-refractivity contribution in [3.05, 3.63) is 0 Å². The summed E-state index contributed by atoms with van der Waals surface area (Å²) in [5.74, 6) is -0.752. The van der Waals surface area contributed by atoms with Gasteiger partial charge in [-0.3, -0.25) is 9.59 Å². The summed E-state index contributed by atoms with van der Waals surface area (Å²) in [6.07, 6.45) is 0.802. The summed E-state index contributed by atoms with van der Waals surface area (Å²) in [7, 11) is 2.96. The van der Waals surface area contributed by atoms with Crippen molar-refractivity contribution in [1.82, 2.24) is 0 Å². The number of hydrogen-bond donors (Lipinski definition) is 5. The fourth-order valence-corrected chi connectivity index (χ4v) is 2.94. The second-order valence-electron chi connectivity index (χ2n) is 3.20. The average molecular weight is 332 g/mol. The van der Waals surface area contributed by atoms with Crippen molar-refractivity contribution in [2.24, 2.45) is 11.5 Å². The van der Waals surface area contributed by atoms with Crippen molar-refractivity contribution < 1.29 is 24.0 Å². The van der Waals surface area contributed by atoms with Gasteiger partial charge in [0.2, 0.25) is 0 Å². The molecule has 19 heavy (non-hydrogen) atoms. The van der Waals surface area contributed by atoms with Crippen molar-refractivity contribution >= 4 is 45.0 Å². The van der Waals surface area contributed by atoms with Gasteiger partial charge in [-0.05, 0) is 12.8 Å². The van der Waals surface area contributed by atoms with Gasteiger partial charge in [0.05, 0.1) is 0 Å². The van der Waals surface area contributed by atoms with E-state index < -0.39 is 35.5 Å². The third-order valence-corrected chi connectivity index (χ3v) is 4.21. The van der Waals surface area contributed by atoms with E-state index in [2.05, 4.69) is 0 Å². The molecule has 0 aliphatic carbocycles. The van der Waals surface area contributed by atoms with Crippen LogP contribution in [0.2, 0.25) is 0 Å². The molecule has 0 spiro atoms. The molecule has 114 valence electrons. The Kier molecular flexibility index (Phi) is 15.3. The van der Waals surface area contributed by atoms with Crippen LogP contribution in [0.5, 0.6) is 0 Å². The number of aliphatic carboxylic acids is 2. The first-order valence-electron chi connectivity index (χ1n) is 5.07. The van der Waals surface area contributed by atoms with Crippen molar-refractivity contribution in [2.45, 2.75) is 24.9 Å². The predicted octanol–water partition coefficient (Wildman–Crippen LogP) is -0.119. The minimum atomic E-state index is -1.00. The Labute approximate surface area is 122 Å². The lowest BCUT2D eigenvalue weighted by molar-refractivity contribution is -0.139. The number of nitrogens with two attached hydrogens (primary N) is 2. The van der Waals surface area contributed by atoms with Crippen LogP contribution in [0.3, 0.4) is 0 Å². The second kappa shape index (κ2) is 13.9. The summed E-state index contributed by atoms with van der Waals surface area (Å²) < 4.78 is 14.2. The first-order valence-corrected chi connectivity index (χ1v) is 8.37. The lowest BCUT2D eigenvalue weighted by atomic mass is 10.2. The molecule has 0 fully saturated rings. The van der Waals surface area contributed by atoms with Gasteiger partial charge >= 0.3 is 11.9 Å². The number of nitrogens with one attached hydrogen (secondary N) is 1. The lowest BCUT2D eigenvalue weighted by Gasteiger charge is -2.06. The van der Waals surface area contributed by atoms with Crippen LogP contribution in [0.15, 0.2) is 0 Å². The lowest BCUT2D eigenvalue weighted by Crippen LogP contribution is -2.30. The Morgan fingerprint density at radius 2 is 1.32 bits per heavy atom. The summed E-state index contributed by atoms with van der Waals surface area (Å²) in [6, 6.07) is -1.65. The number of carbonyl (C=O) groups is 2. The molecule has 0 aliphatic rings. The molecule has 0 saturated heterocycles. The molecular formula is C8H18N3O5S3-. The summed E-state index contributed by atoms with van der Waals surface area (Å²) in [4.78, 5) is 20.7. The van der Waals surface area contributed by atoms with E-state index in [1.54, 1.807) is 0 Å². The van der Waals surface area contributed by atoms with Crippen molar-refractivity contribution in [2.75, 3.05) is 11.5 Å². The van der Waals surface area contributed by atoms with Crippen LogP contribution in [0.1, 0.15) is 12.8 Å². The molecule has 8 nitrogen and oxygen atoms in total. The number of rotatable bonds is 9. The largest absolute Gasteiger partial charge is 0.480 e. The zero-order valence-corrected chi connectivity index (χ0v) is 12.5. The fraction of sp³-hybridized carbons (Fsp3) is 0.750. The molecular weight excluding hydrogens is 314 g/mol. The minimum absolute atomic E-state index is 0.401. The van der Waals surface area contributed by atoms with E-state index in [0.29, 0.717) is 24.3 Å². The molecule has 2 atom stereocenters. The molecule has 0 unspecified atom stereocenters. The van der Waals surface area contributed by atoms with E-state index in [4.69, 9.17) is 30.7 Å². The SMILES string of the molecule is N=[SH-]=O.N[C@@H](CCSSCC[C@H](N)C(=O)O)C(=O)O. The smallest absolute Gasteiger partial charge is 0.320 e. The summed E-state index contributed by atoms with van der Waals surface area (Å²) in [5.41, 5.74) is 10.6. The van der Waals surface area contributed by atoms with Crippen LogP contribution >= 0.6 is 21.6 Å². The Hall–Kier alpha value is -0.490. The maximum Gasteiger partial charge on any atom is 0.320 e. The monoisotopic (exact) mass is 332 g/mol. The highest BCUT2D eigenvalue weighted by Crippen LogP contribution is 2.23. The summed E-state index contributed by atoms with van der Waals surface area (Å²) in [6.45, 7) is 0. The van der Waals surface area contributed by atoms with E-state index in [-0.39, 0.29) is 0 Å². The number of thiol groups is 1. The summed E-state index contributed by atoms with van der Waals surface area (Å²) in [5, 5.41) is 17.0. The van der Waals surface area contributed by atoms with Gasteiger partial charge in [0.15, 0.2) is 0 Å². The highest BCUT2D eigenvalue weighted by atomic mass is 33.1. The average Bonchev–Trinajstić information content (AvgIpc) is 2.33. The van der Waals surface area contributed by atoms with Gasteiger partial charge in [0, 0.05) is 11.5 Å². The van der Waals surface area contributed by atoms with Gasteiger partial charge in [0.1, 0.15) is 12.1 Å². The third kappa shape index (κ3) is 15.5. The number of carboxylic acid groups (broad SMARTS) is 2. The maximum atomic E-state index is 10.4. The maximum absolute atomic E-state index is 10.4. The Balaban J connectivity index is 0. The quantitative estimate of drug-likeness (QED) is 0.167. The molecule has 0 bridgehead atoms. The van der Waals surface area contributed by atoms with Crippen LogP contribution < -0.4 is 11.5 Å². The van der Waals surface area contributed by atoms with Gasteiger partial charge in [-0.25, -0.2) is 11.5 Å². The van der Waals surface area contributed by atoms with Crippen molar-refractivity contribution in [3.8, 4) is 0 Å². The van der Waals surface area contributed by atoms with Crippen LogP contribution in [0, 0.1) is 4.78 Å². The standard InChI is InChI=1S/C8H16N2O4S2.H2NOS/c9-5(7(11)12)1-3-15-16-4-2-6(10)8(13)14;1-3-2/h5-6H,1-4,9-10H2,(H,11,12)(H,13,14);1,3H/q;-1/t5-,6-;/m0./s1. The molecule has 0 saturated carbocycles. The molecule has 0 amide bonds. The first kappa shape index (κ1) is 20.8. The molecule has 0 aromatic heterocycles. The zero-order valence-electron chi connectivity index (χ0n) is 10.0. The first-order chi connectivity index (χ1) is 8.86. The van der Waals surface area contributed by atoms with Gasteiger partial charge in [0.25, 0.3) is 0 Å². The van der Waals surface area contributed by atoms with Gasteiger partial charge in [-0.2, -0.15) is 0 Å². The molecule has 0 aromatic carbocycles. The Morgan fingerprint density at radius 3 is 1.53 bits per heavy atom. The molecule has 0 aromatic rings.